The van der Waals surface area contributed by atoms with Crippen LogP contribution in [-0.2, 0) is 10.0 Å². The van der Waals surface area contributed by atoms with Crippen molar-refractivity contribution < 1.29 is 22.7 Å². The van der Waals surface area contributed by atoms with Gasteiger partial charge in [0.05, 0.1) is 17.1 Å². The molecule has 154 valence electrons. The van der Waals surface area contributed by atoms with Crippen LogP contribution in [0.1, 0.15) is 12.5 Å². The largest absolute Gasteiger partial charge is 0.486 e. The lowest BCUT2D eigenvalue weighted by atomic mass is 9.92. The Morgan fingerprint density at radius 3 is 2.76 bits per heavy atom. The fraction of sp³-hybridized carbons (Fsp3) is 0.333. The van der Waals surface area contributed by atoms with E-state index >= 15 is 0 Å². The Labute approximate surface area is 172 Å². The molecule has 3 N–H and O–H groups in total. The first-order chi connectivity index (χ1) is 13.6. The van der Waals surface area contributed by atoms with E-state index in [0.29, 0.717) is 0 Å². The van der Waals surface area contributed by atoms with Crippen molar-refractivity contribution in [2.45, 2.75) is 29.7 Å². The molecule has 3 atom stereocenters. The highest BCUT2D eigenvalue weighted by Crippen LogP contribution is 2.32. The van der Waals surface area contributed by atoms with Crippen LogP contribution in [0.3, 0.4) is 0 Å². The van der Waals surface area contributed by atoms with Gasteiger partial charge in [-0.1, -0.05) is 11.6 Å². The summed E-state index contributed by atoms with van der Waals surface area (Å²) in [4.78, 5) is 3.83. The number of hydrogen-bond donors (Lipinski definition) is 2. The van der Waals surface area contributed by atoms with E-state index in [1.165, 1.54) is 37.4 Å². The Morgan fingerprint density at radius 2 is 2.21 bits per heavy atom. The summed E-state index contributed by atoms with van der Waals surface area (Å²) in [5, 5.41) is 19.9. The number of sulfonamides is 1. The number of halogens is 2. The van der Waals surface area contributed by atoms with Crippen LogP contribution in [0.2, 0.25) is 5.02 Å². The third kappa shape index (κ3) is 4.05. The van der Waals surface area contributed by atoms with Gasteiger partial charge in [-0.25, -0.2) is 17.8 Å². The number of nitriles is 1. The van der Waals surface area contributed by atoms with Crippen molar-refractivity contribution in [3.05, 3.63) is 52.9 Å². The number of β-amino-alcohol motifs (C(OH)–C–C–N with tert-alkyl or cyclic N) is 1. The quantitative estimate of drug-likeness (QED) is 0.716. The van der Waals surface area contributed by atoms with E-state index in [2.05, 4.69) is 4.98 Å². The fourth-order valence-corrected chi connectivity index (χ4v) is 4.53. The molecule has 3 rings (SSSR count). The summed E-state index contributed by atoms with van der Waals surface area (Å²) in [6, 6.07) is 7.08. The summed E-state index contributed by atoms with van der Waals surface area (Å²) in [5.41, 5.74) is 4.02. The molecule has 29 heavy (non-hydrogen) atoms. The van der Waals surface area contributed by atoms with Crippen LogP contribution in [0.4, 0.5) is 4.39 Å². The molecule has 1 aliphatic heterocycles. The van der Waals surface area contributed by atoms with Gasteiger partial charge in [0.2, 0.25) is 0 Å². The monoisotopic (exact) mass is 440 g/mol. The first kappa shape index (κ1) is 21.4. The molecule has 1 aromatic carbocycles. The van der Waals surface area contributed by atoms with Crippen LogP contribution in [-0.4, -0.2) is 53.6 Å². The predicted octanol–water partition coefficient (Wildman–Crippen LogP) is 1.28. The van der Waals surface area contributed by atoms with Gasteiger partial charge in [-0.05, 0) is 31.2 Å². The normalized spacial score (nSPS) is 23.5. The first-order valence-electron chi connectivity index (χ1n) is 8.54. The van der Waals surface area contributed by atoms with Crippen molar-refractivity contribution in [1.82, 2.24) is 9.29 Å². The van der Waals surface area contributed by atoms with Gasteiger partial charge in [0, 0.05) is 24.8 Å². The molecule has 8 nitrogen and oxygen atoms in total. The molecule has 2 heterocycles. The number of hydrogen-bond acceptors (Lipinski definition) is 7. The average Bonchev–Trinajstić information content (AvgIpc) is 3.01. The topological polar surface area (TPSA) is 130 Å². The molecule has 0 aliphatic carbocycles. The number of benzene rings is 1. The molecule has 0 radical (unpaired) electrons. The SMILES string of the molecule is CC(N)[C@]1(O)CN(S(=O)(=O)c2ccc(Cl)cn2)C[C@@H]1Oc1ccc(C#N)c(F)c1. The van der Waals surface area contributed by atoms with Gasteiger partial charge < -0.3 is 15.6 Å². The van der Waals surface area contributed by atoms with Crippen LogP contribution in [0, 0.1) is 17.1 Å². The Kier molecular flexibility index (Phi) is 5.80. The predicted molar refractivity (Wildman–Crippen MR) is 102 cm³/mol. The molecule has 0 bridgehead atoms. The molecular weight excluding hydrogens is 423 g/mol. The maximum Gasteiger partial charge on any atom is 0.260 e. The van der Waals surface area contributed by atoms with Gasteiger partial charge >= 0.3 is 0 Å². The number of pyridine rings is 1. The summed E-state index contributed by atoms with van der Waals surface area (Å²) < 4.78 is 46.4. The lowest BCUT2D eigenvalue weighted by Gasteiger charge is -2.32. The van der Waals surface area contributed by atoms with Crippen molar-refractivity contribution >= 4 is 21.6 Å². The Hall–Kier alpha value is -2.29. The van der Waals surface area contributed by atoms with E-state index in [-0.39, 0.29) is 34.5 Å². The molecule has 1 aromatic heterocycles. The third-order valence-electron chi connectivity index (χ3n) is 4.79. The summed E-state index contributed by atoms with van der Waals surface area (Å²) in [7, 11) is -4.05. The molecule has 2 aromatic rings. The van der Waals surface area contributed by atoms with Crippen LogP contribution in [0.15, 0.2) is 41.6 Å². The maximum atomic E-state index is 13.9. The maximum absolute atomic E-state index is 13.9. The molecular formula is C18H18ClFN4O4S. The molecule has 0 spiro atoms. The lowest BCUT2D eigenvalue weighted by Crippen LogP contribution is -2.56. The Morgan fingerprint density at radius 1 is 1.48 bits per heavy atom. The lowest BCUT2D eigenvalue weighted by molar-refractivity contribution is -0.0425. The second-order valence-electron chi connectivity index (χ2n) is 6.75. The smallest absolute Gasteiger partial charge is 0.260 e. The molecule has 1 aliphatic rings. The van der Waals surface area contributed by atoms with Crippen LogP contribution in [0.25, 0.3) is 0 Å². The fourth-order valence-electron chi connectivity index (χ4n) is 3.02. The minimum absolute atomic E-state index is 0.0365. The van der Waals surface area contributed by atoms with Crippen molar-refractivity contribution in [2.24, 2.45) is 5.73 Å². The molecule has 1 unspecified atom stereocenters. The highest BCUT2D eigenvalue weighted by molar-refractivity contribution is 7.89. The van der Waals surface area contributed by atoms with E-state index in [0.717, 1.165) is 10.4 Å². The number of rotatable bonds is 5. The van der Waals surface area contributed by atoms with E-state index < -0.39 is 33.6 Å². The van der Waals surface area contributed by atoms with Gasteiger partial charge in [0.15, 0.2) is 5.03 Å². The average molecular weight is 441 g/mol. The second kappa shape index (κ2) is 7.85. The number of nitrogens with zero attached hydrogens (tertiary/aromatic N) is 3. The zero-order valence-electron chi connectivity index (χ0n) is 15.3. The van der Waals surface area contributed by atoms with Crippen LogP contribution < -0.4 is 10.5 Å². The van der Waals surface area contributed by atoms with E-state index in [1.807, 2.05) is 0 Å². The Balaban J connectivity index is 1.90. The van der Waals surface area contributed by atoms with Gasteiger partial charge in [-0.2, -0.15) is 9.57 Å². The summed E-state index contributed by atoms with van der Waals surface area (Å²) >= 11 is 5.76. The van der Waals surface area contributed by atoms with Gasteiger partial charge in [0.1, 0.15) is 29.3 Å². The minimum atomic E-state index is -4.05. The van der Waals surface area contributed by atoms with Crippen LogP contribution >= 0.6 is 11.6 Å². The van der Waals surface area contributed by atoms with Crippen LogP contribution in [0.5, 0.6) is 5.75 Å². The van der Waals surface area contributed by atoms with Gasteiger partial charge in [0.25, 0.3) is 10.0 Å². The molecule has 0 amide bonds. The molecule has 1 saturated heterocycles. The Bertz CT molecular complexity index is 1060. The number of aliphatic hydroxyl groups is 1. The minimum Gasteiger partial charge on any atom is -0.486 e. The van der Waals surface area contributed by atoms with E-state index in [4.69, 9.17) is 27.3 Å². The van der Waals surface area contributed by atoms with Gasteiger partial charge in [-0.15, -0.1) is 0 Å². The molecule has 11 heteroatoms. The summed E-state index contributed by atoms with van der Waals surface area (Å²) in [6.07, 6.45) is 0.132. The van der Waals surface area contributed by atoms with Crippen molar-refractivity contribution in [3.8, 4) is 11.8 Å². The zero-order chi connectivity index (χ0) is 21.4. The number of ether oxygens (including phenoxy) is 1. The van der Waals surface area contributed by atoms with Crippen molar-refractivity contribution in [3.63, 3.8) is 0 Å². The zero-order valence-corrected chi connectivity index (χ0v) is 16.9. The first-order valence-corrected chi connectivity index (χ1v) is 10.4. The number of nitrogens with two attached hydrogens (primary N) is 1. The standard InChI is InChI=1S/C18H18ClFN4O4S/c1-11(22)18(25)10-24(29(26,27)17-5-3-13(19)8-23-17)9-16(18)28-14-4-2-12(7-21)15(20)6-14/h2-6,8,11,16,25H,9-10,22H2,1H3/t11?,16-,18+/m0/s1. The highest BCUT2D eigenvalue weighted by atomic mass is 35.5. The summed E-state index contributed by atoms with van der Waals surface area (Å²) in [5.74, 6) is -0.753. The second-order valence-corrected chi connectivity index (χ2v) is 9.07. The van der Waals surface area contributed by atoms with Crippen molar-refractivity contribution in [1.29, 1.82) is 5.26 Å². The van der Waals surface area contributed by atoms with E-state index in [1.54, 1.807) is 6.07 Å². The van der Waals surface area contributed by atoms with E-state index in [9.17, 15) is 17.9 Å². The third-order valence-corrected chi connectivity index (χ3v) is 6.74. The summed E-state index contributed by atoms with van der Waals surface area (Å²) in [6.45, 7) is 0.958. The van der Waals surface area contributed by atoms with Gasteiger partial charge in [-0.3, -0.25) is 0 Å². The van der Waals surface area contributed by atoms with Crippen molar-refractivity contribution in [2.75, 3.05) is 13.1 Å². The highest BCUT2D eigenvalue weighted by Gasteiger charge is 2.53. The number of aromatic nitrogens is 1. The molecule has 0 saturated carbocycles. The molecule has 1 fully saturated rings.